The van der Waals surface area contributed by atoms with E-state index in [9.17, 15) is 0 Å². The summed E-state index contributed by atoms with van der Waals surface area (Å²) in [5.74, 6) is 3.52. The highest BCUT2D eigenvalue weighted by atomic mass is 15.3. The van der Waals surface area contributed by atoms with Crippen molar-refractivity contribution in [1.29, 1.82) is 0 Å². The summed E-state index contributed by atoms with van der Waals surface area (Å²) in [7, 11) is 0. The molecule has 1 heterocycles. The Morgan fingerprint density at radius 3 is 2.65 bits per heavy atom. The number of aromatic nitrogens is 3. The lowest BCUT2D eigenvalue weighted by atomic mass is 9.83. The van der Waals surface area contributed by atoms with Gasteiger partial charge in [-0.2, -0.15) is 5.10 Å². The Bertz CT molecular complexity index is 625. The molecule has 0 bridgehead atoms. The summed E-state index contributed by atoms with van der Waals surface area (Å²) in [5, 5.41) is 4.73. The molecule has 20 heavy (non-hydrogen) atoms. The van der Waals surface area contributed by atoms with Gasteiger partial charge in [-0.05, 0) is 50.2 Å². The molecular formula is C17H21N3. The Morgan fingerprint density at radius 1 is 1.10 bits per heavy atom. The van der Waals surface area contributed by atoms with E-state index in [4.69, 9.17) is 10.1 Å². The van der Waals surface area contributed by atoms with Crippen LogP contribution in [-0.2, 0) is 19.4 Å². The summed E-state index contributed by atoms with van der Waals surface area (Å²) in [6.07, 6.45) is 6.07. The van der Waals surface area contributed by atoms with E-state index < -0.39 is 0 Å². The number of hydrogen-bond donors (Lipinski definition) is 0. The molecule has 3 nitrogen and oxygen atoms in total. The molecule has 3 heteroatoms. The molecule has 1 fully saturated rings. The van der Waals surface area contributed by atoms with Crippen LogP contribution >= 0.6 is 0 Å². The van der Waals surface area contributed by atoms with Crippen molar-refractivity contribution in [1.82, 2.24) is 14.8 Å². The van der Waals surface area contributed by atoms with Crippen LogP contribution in [0.4, 0.5) is 0 Å². The number of rotatable bonds is 3. The minimum Gasteiger partial charge on any atom is -0.250 e. The first-order valence-corrected chi connectivity index (χ1v) is 7.86. The standard InChI is InChI=1S/C17H21N3/c1-2-20-17(18-16(19-20)13-8-9-13)15-10-7-12-5-3-4-6-14(12)11-15/h3-6,13,15H,2,7-11H2,1H3/t15-/m1/s1. The van der Waals surface area contributed by atoms with E-state index in [1.165, 1.54) is 42.6 Å². The van der Waals surface area contributed by atoms with Crippen LogP contribution in [0.1, 0.15) is 60.8 Å². The van der Waals surface area contributed by atoms with Gasteiger partial charge in [-0.25, -0.2) is 9.67 Å². The largest absolute Gasteiger partial charge is 0.250 e. The quantitative estimate of drug-likeness (QED) is 0.852. The van der Waals surface area contributed by atoms with Crippen LogP contribution in [0.15, 0.2) is 24.3 Å². The third-order valence-corrected chi connectivity index (χ3v) is 4.67. The number of fused-ring (bicyclic) bond motifs is 1. The SMILES string of the molecule is CCn1nc(C2CC2)nc1[C@@H]1CCc2ccccc2C1. The molecule has 2 aromatic rings. The van der Waals surface area contributed by atoms with Crippen molar-refractivity contribution in [2.75, 3.05) is 0 Å². The predicted molar refractivity (Wildman–Crippen MR) is 78.9 cm³/mol. The van der Waals surface area contributed by atoms with Crippen LogP contribution in [0.25, 0.3) is 0 Å². The van der Waals surface area contributed by atoms with E-state index >= 15 is 0 Å². The van der Waals surface area contributed by atoms with E-state index in [1.54, 1.807) is 0 Å². The molecule has 4 rings (SSSR count). The number of hydrogen-bond acceptors (Lipinski definition) is 2. The summed E-state index contributed by atoms with van der Waals surface area (Å²) in [6.45, 7) is 3.11. The van der Waals surface area contributed by atoms with E-state index in [-0.39, 0.29) is 0 Å². The zero-order valence-electron chi connectivity index (χ0n) is 12.0. The van der Waals surface area contributed by atoms with Crippen molar-refractivity contribution < 1.29 is 0 Å². The first-order chi connectivity index (χ1) is 9.85. The van der Waals surface area contributed by atoms with Crippen LogP contribution < -0.4 is 0 Å². The summed E-state index contributed by atoms with van der Waals surface area (Å²) in [5.41, 5.74) is 3.02. The lowest BCUT2D eigenvalue weighted by Gasteiger charge is -2.24. The van der Waals surface area contributed by atoms with Gasteiger partial charge in [0, 0.05) is 18.4 Å². The highest BCUT2D eigenvalue weighted by molar-refractivity contribution is 5.31. The van der Waals surface area contributed by atoms with Crippen LogP contribution in [0.2, 0.25) is 0 Å². The molecule has 0 saturated heterocycles. The molecular weight excluding hydrogens is 246 g/mol. The smallest absolute Gasteiger partial charge is 0.154 e. The second-order valence-electron chi connectivity index (χ2n) is 6.13. The molecule has 0 spiro atoms. The van der Waals surface area contributed by atoms with Crippen molar-refractivity contribution in [2.45, 2.75) is 57.4 Å². The van der Waals surface area contributed by atoms with Crippen LogP contribution in [-0.4, -0.2) is 14.8 Å². The van der Waals surface area contributed by atoms with E-state index in [1.807, 2.05) is 0 Å². The molecule has 2 aliphatic rings. The molecule has 0 N–H and O–H groups in total. The average molecular weight is 267 g/mol. The van der Waals surface area contributed by atoms with Gasteiger partial charge >= 0.3 is 0 Å². The normalized spacial score (nSPS) is 21.8. The molecule has 0 amide bonds. The average Bonchev–Trinajstić information content (AvgIpc) is 3.26. The molecule has 0 aliphatic heterocycles. The number of nitrogens with zero attached hydrogens (tertiary/aromatic N) is 3. The van der Waals surface area contributed by atoms with Crippen molar-refractivity contribution in [3.63, 3.8) is 0 Å². The van der Waals surface area contributed by atoms with Gasteiger partial charge in [0.2, 0.25) is 0 Å². The Hall–Kier alpha value is -1.64. The molecule has 2 aliphatic carbocycles. The second kappa shape index (κ2) is 4.72. The van der Waals surface area contributed by atoms with Gasteiger partial charge in [-0.15, -0.1) is 0 Å². The van der Waals surface area contributed by atoms with Gasteiger partial charge < -0.3 is 0 Å². The first kappa shape index (κ1) is 12.1. The van der Waals surface area contributed by atoms with Crippen molar-refractivity contribution >= 4 is 0 Å². The summed E-state index contributed by atoms with van der Waals surface area (Å²) in [4.78, 5) is 4.89. The Kier molecular flexibility index (Phi) is 2.86. The van der Waals surface area contributed by atoms with Crippen molar-refractivity contribution in [3.8, 4) is 0 Å². The maximum absolute atomic E-state index is 4.89. The number of aryl methyl sites for hydroxylation is 2. The van der Waals surface area contributed by atoms with E-state index in [0.717, 1.165) is 18.8 Å². The van der Waals surface area contributed by atoms with E-state index in [0.29, 0.717) is 11.8 Å². The van der Waals surface area contributed by atoms with E-state index in [2.05, 4.69) is 35.9 Å². The Morgan fingerprint density at radius 2 is 1.90 bits per heavy atom. The van der Waals surface area contributed by atoms with Gasteiger partial charge in [0.15, 0.2) is 5.82 Å². The highest BCUT2D eigenvalue weighted by Crippen LogP contribution is 2.39. The maximum Gasteiger partial charge on any atom is 0.154 e. The van der Waals surface area contributed by atoms with Gasteiger partial charge in [0.05, 0.1) is 0 Å². The molecule has 1 saturated carbocycles. The number of benzene rings is 1. The minimum atomic E-state index is 0.546. The molecule has 0 radical (unpaired) electrons. The Labute approximate surface area is 120 Å². The third-order valence-electron chi connectivity index (χ3n) is 4.67. The first-order valence-electron chi connectivity index (χ1n) is 7.86. The summed E-state index contributed by atoms with van der Waals surface area (Å²) < 4.78 is 2.15. The fraction of sp³-hybridized carbons (Fsp3) is 0.529. The monoisotopic (exact) mass is 267 g/mol. The fourth-order valence-corrected chi connectivity index (χ4v) is 3.34. The van der Waals surface area contributed by atoms with Crippen LogP contribution in [0, 0.1) is 0 Å². The molecule has 104 valence electrons. The van der Waals surface area contributed by atoms with Gasteiger partial charge in [0.25, 0.3) is 0 Å². The Balaban J connectivity index is 1.65. The fourth-order valence-electron chi connectivity index (χ4n) is 3.34. The zero-order valence-corrected chi connectivity index (χ0v) is 12.0. The van der Waals surface area contributed by atoms with Gasteiger partial charge in [-0.1, -0.05) is 24.3 Å². The lowest BCUT2D eigenvalue weighted by Crippen LogP contribution is -2.17. The van der Waals surface area contributed by atoms with Crippen molar-refractivity contribution in [2.24, 2.45) is 0 Å². The minimum absolute atomic E-state index is 0.546. The van der Waals surface area contributed by atoms with Crippen LogP contribution in [0.5, 0.6) is 0 Å². The molecule has 1 atom stereocenters. The predicted octanol–water partition coefficient (Wildman–Crippen LogP) is 3.45. The highest BCUT2D eigenvalue weighted by Gasteiger charge is 2.31. The molecule has 1 aromatic heterocycles. The third kappa shape index (κ3) is 2.05. The topological polar surface area (TPSA) is 30.7 Å². The maximum atomic E-state index is 4.89. The summed E-state index contributed by atoms with van der Waals surface area (Å²) in [6, 6.07) is 8.85. The van der Waals surface area contributed by atoms with Gasteiger partial charge in [-0.3, -0.25) is 0 Å². The van der Waals surface area contributed by atoms with Crippen molar-refractivity contribution in [3.05, 3.63) is 47.0 Å². The second-order valence-corrected chi connectivity index (χ2v) is 6.13. The van der Waals surface area contributed by atoms with Gasteiger partial charge in [0.1, 0.15) is 5.82 Å². The lowest BCUT2D eigenvalue weighted by molar-refractivity contribution is 0.503. The zero-order chi connectivity index (χ0) is 13.5. The summed E-state index contributed by atoms with van der Waals surface area (Å²) >= 11 is 0. The molecule has 0 unspecified atom stereocenters. The van der Waals surface area contributed by atoms with Crippen LogP contribution in [0.3, 0.4) is 0 Å². The molecule has 1 aromatic carbocycles.